The van der Waals surface area contributed by atoms with E-state index in [1.165, 1.54) is 36.4 Å². The van der Waals surface area contributed by atoms with Gasteiger partial charge in [-0.15, -0.1) is 0 Å². The third-order valence-corrected chi connectivity index (χ3v) is 3.96. The van der Waals surface area contributed by atoms with Gasteiger partial charge in [-0.05, 0) is 34.9 Å². The molecule has 1 aliphatic rings. The number of hydrogen-bond donors (Lipinski definition) is 1. The van der Waals surface area contributed by atoms with Gasteiger partial charge in [-0.3, -0.25) is 0 Å². The summed E-state index contributed by atoms with van der Waals surface area (Å²) in [6, 6.07) is 13.9. The summed E-state index contributed by atoms with van der Waals surface area (Å²) in [5, 5.41) is 11.3. The summed E-state index contributed by atoms with van der Waals surface area (Å²) in [5.41, 5.74) is -1.04. The lowest BCUT2D eigenvalue weighted by molar-refractivity contribution is 0.0336. The molecule has 0 fully saturated rings. The zero-order chi connectivity index (χ0) is 16.5. The highest BCUT2D eigenvalue weighted by atomic mass is 19.3. The fraction of sp³-hybridized carbons (Fsp3) is 0.158. The van der Waals surface area contributed by atoms with E-state index in [-0.39, 0.29) is 11.1 Å². The molecule has 0 aromatic heterocycles. The summed E-state index contributed by atoms with van der Waals surface area (Å²) in [6.07, 6.45) is 2.88. The van der Waals surface area contributed by atoms with Crippen molar-refractivity contribution in [2.45, 2.75) is 17.9 Å². The largest absolute Gasteiger partial charge is 0.376 e. The van der Waals surface area contributed by atoms with E-state index in [9.17, 15) is 18.3 Å². The zero-order valence-electron chi connectivity index (χ0n) is 12.2. The van der Waals surface area contributed by atoms with E-state index in [1.807, 2.05) is 0 Å². The van der Waals surface area contributed by atoms with Crippen molar-refractivity contribution in [1.29, 1.82) is 0 Å². The zero-order valence-corrected chi connectivity index (χ0v) is 12.2. The molecule has 0 radical (unpaired) electrons. The molecule has 0 saturated heterocycles. The Bertz CT molecular complexity index is 765. The van der Waals surface area contributed by atoms with Crippen LogP contribution in [0.15, 0.2) is 78.4 Å². The second-order valence-electron chi connectivity index (χ2n) is 5.58. The Morgan fingerprint density at radius 1 is 0.957 bits per heavy atom. The number of alkyl halides is 2. The van der Waals surface area contributed by atoms with Gasteiger partial charge in [0, 0.05) is 6.42 Å². The smallest absolute Gasteiger partial charge is 0.270 e. The topological polar surface area (TPSA) is 20.2 Å². The van der Waals surface area contributed by atoms with Gasteiger partial charge < -0.3 is 5.11 Å². The molecule has 1 atom stereocenters. The maximum absolute atomic E-state index is 13.8. The summed E-state index contributed by atoms with van der Waals surface area (Å²) in [5.74, 6) is -3.57. The van der Waals surface area contributed by atoms with Crippen LogP contribution in [-0.4, -0.2) is 11.0 Å². The van der Waals surface area contributed by atoms with E-state index in [2.05, 4.69) is 0 Å². The molecule has 0 aliphatic heterocycles. The first kappa shape index (κ1) is 15.6. The average molecular weight is 316 g/mol. The molecule has 1 nitrogen and oxygen atoms in total. The monoisotopic (exact) mass is 316 g/mol. The van der Waals surface area contributed by atoms with Gasteiger partial charge in [-0.1, -0.05) is 54.6 Å². The fourth-order valence-electron chi connectivity index (χ4n) is 2.86. The van der Waals surface area contributed by atoms with Crippen LogP contribution < -0.4 is 0 Å². The van der Waals surface area contributed by atoms with Crippen LogP contribution in [0.5, 0.6) is 0 Å². The van der Waals surface area contributed by atoms with Gasteiger partial charge in [0.25, 0.3) is 5.92 Å². The van der Waals surface area contributed by atoms with Crippen molar-refractivity contribution >= 4 is 0 Å². The molecule has 23 heavy (non-hydrogen) atoms. The van der Waals surface area contributed by atoms with Crippen molar-refractivity contribution in [2.24, 2.45) is 0 Å². The summed E-state index contributed by atoms with van der Waals surface area (Å²) in [6.45, 7) is 0. The number of allylic oxidation sites excluding steroid dienone is 3. The molecule has 0 bridgehead atoms. The lowest BCUT2D eigenvalue weighted by Crippen LogP contribution is -2.34. The van der Waals surface area contributed by atoms with Crippen molar-refractivity contribution in [1.82, 2.24) is 0 Å². The quantitative estimate of drug-likeness (QED) is 0.878. The van der Waals surface area contributed by atoms with E-state index >= 15 is 0 Å². The molecule has 1 unspecified atom stereocenters. The summed E-state index contributed by atoms with van der Waals surface area (Å²) in [4.78, 5) is 0. The van der Waals surface area contributed by atoms with Crippen molar-refractivity contribution in [3.8, 4) is 0 Å². The summed E-state index contributed by atoms with van der Waals surface area (Å²) in [7, 11) is 0. The van der Waals surface area contributed by atoms with E-state index in [4.69, 9.17) is 0 Å². The first-order valence-electron chi connectivity index (χ1n) is 7.22. The van der Waals surface area contributed by atoms with Crippen LogP contribution in [0.4, 0.5) is 13.2 Å². The first-order valence-corrected chi connectivity index (χ1v) is 7.22. The minimum absolute atomic E-state index is 0.127. The third kappa shape index (κ3) is 2.94. The Balaban J connectivity index is 2.19. The van der Waals surface area contributed by atoms with Crippen molar-refractivity contribution in [3.63, 3.8) is 0 Å². The Labute approximate surface area is 132 Å². The van der Waals surface area contributed by atoms with Gasteiger partial charge >= 0.3 is 0 Å². The number of benzene rings is 2. The molecule has 0 heterocycles. The molecule has 0 amide bonds. The molecule has 4 heteroatoms. The van der Waals surface area contributed by atoms with Gasteiger partial charge in [0.1, 0.15) is 11.4 Å². The lowest BCUT2D eigenvalue weighted by Gasteiger charge is -2.34. The normalized spacial score (nSPS) is 19.0. The fourth-order valence-corrected chi connectivity index (χ4v) is 2.86. The van der Waals surface area contributed by atoms with E-state index in [0.717, 1.165) is 6.08 Å². The predicted octanol–water partition coefficient (Wildman–Crippen LogP) is 4.58. The Kier molecular flexibility index (Phi) is 3.86. The Morgan fingerprint density at radius 2 is 1.65 bits per heavy atom. The van der Waals surface area contributed by atoms with Gasteiger partial charge in [0.15, 0.2) is 0 Å². The molecule has 2 aromatic carbocycles. The second-order valence-corrected chi connectivity index (χ2v) is 5.58. The highest BCUT2D eigenvalue weighted by molar-refractivity contribution is 5.47. The summed E-state index contributed by atoms with van der Waals surface area (Å²) >= 11 is 0. The van der Waals surface area contributed by atoms with Gasteiger partial charge in [0.05, 0.1) is 0 Å². The van der Waals surface area contributed by atoms with Crippen LogP contribution in [0.3, 0.4) is 0 Å². The maximum Gasteiger partial charge on any atom is 0.270 e. The van der Waals surface area contributed by atoms with Gasteiger partial charge in [0.2, 0.25) is 0 Å². The van der Waals surface area contributed by atoms with Gasteiger partial charge in [-0.2, -0.15) is 0 Å². The van der Waals surface area contributed by atoms with E-state index in [0.29, 0.717) is 5.56 Å². The number of aliphatic hydroxyl groups is 1. The molecule has 118 valence electrons. The molecule has 0 saturated carbocycles. The van der Waals surface area contributed by atoms with Crippen molar-refractivity contribution < 1.29 is 18.3 Å². The van der Waals surface area contributed by atoms with Crippen molar-refractivity contribution in [3.05, 3.63) is 95.3 Å². The Morgan fingerprint density at radius 3 is 2.30 bits per heavy atom. The lowest BCUT2D eigenvalue weighted by atomic mass is 9.76. The number of hydrogen-bond acceptors (Lipinski definition) is 1. The van der Waals surface area contributed by atoms with Crippen LogP contribution >= 0.6 is 0 Å². The van der Waals surface area contributed by atoms with E-state index in [1.54, 1.807) is 30.3 Å². The van der Waals surface area contributed by atoms with Crippen molar-refractivity contribution in [2.75, 3.05) is 0 Å². The van der Waals surface area contributed by atoms with Crippen LogP contribution in [0.1, 0.15) is 17.5 Å². The highest BCUT2D eigenvalue weighted by Crippen LogP contribution is 2.43. The third-order valence-electron chi connectivity index (χ3n) is 3.96. The molecule has 2 aromatic rings. The van der Waals surface area contributed by atoms with Crippen LogP contribution in [0.25, 0.3) is 0 Å². The second kappa shape index (κ2) is 5.70. The van der Waals surface area contributed by atoms with E-state index < -0.39 is 23.8 Å². The standard InChI is InChI=1S/C19H15F3O/c20-17-10-4-8-15(12-17)19(23,14-6-2-1-3-7-14)16-9-5-11-18(21,22)13-16/h1-12,23H,13H2. The minimum Gasteiger partial charge on any atom is -0.376 e. The van der Waals surface area contributed by atoms with Crippen LogP contribution in [-0.2, 0) is 5.60 Å². The Hall–Kier alpha value is -2.33. The minimum atomic E-state index is -3.04. The molecule has 0 spiro atoms. The molecule has 3 rings (SSSR count). The van der Waals surface area contributed by atoms with Crippen LogP contribution in [0.2, 0.25) is 0 Å². The molecule has 1 aliphatic carbocycles. The molecular formula is C19H15F3O. The van der Waals surface area contributed by atoms with Crippen LogP contribution in [0, 0.1) is 5.82 Å². The number of rotatable bonds is 3. The maximum atomic E-state index is 13.8. The predicted molar refractivity (Wildman–Crippen MR) is 82.6 cm³/mol. The first-order chi connectivity index (χ1) is 10.9. The SMILES string of the molecule is OC(C1=CC=CC(F)(F)C1)(c1ccccc1)c1cccc(F)c1. The summed E-state index contributed by atoms with van der Waals surface area (Å²) < 4.78 is 41.2. The molecular weight excluding hydrogens is 301 g/mol. The highest BCUT2D eigenvalue weighted by Gasteiger charge is 2.41. The molecule has 1 N–H and O–H groups in total. The van der Waals surface area contributed by atoms with Gasteiger partial charge in [-0.25, -0.2) is 13.2 Å². The average Bonchev–Trinajstić information content (AvgIpc) is 2.54. The number of halogens is 3.